The van der Waals surface area contributed by atoms with Gasteiger partial charge in [0.15, 0.2) is 16.6 Å². The van der Waals surface area contributed by atoms with E-state index in [4.69, 9.17) is 21.7 Å². The Morgan fingerprint density at radius 1 is 0.788 bits per heavy atom. The summed E-state index contributed by atoms with van der Waals surface area (Å²) in [4.78, 5) is 0.159. The Bertz CT molecular complexity index is 1250. The standard InChI is InChI=1S/C24H27N3O4S2/c1-15-12-16(2)23(17(3)13-15)27-33(28,29)20-9-6-18(7-10-20)25-24(32)26-19-8-11-21(30-4)22(14-19)31-5/h6-14,27H,1-5H3,(H2,25,26,32). The number of aryl methyl sites for hydroxylation is 3. The van der Waals surface area contributed by atoms with E-state index in [1.165, 1.54) is 12.1 Å². The highest BCUT2D eigenvalue weighted by Gasteiger charge is 2.17. The van der Waals surface area contributed by atoms with Gasteiger partial charge in [-0.15, -0.1) is 0 Å². The van der Waals surface area contributed by atoms with E-state index in [-0.39, 0.29) is 4.90 Å². The summed E-state index contributed by atoms with van der Waals surface area (Å²) in [6.07, 6.45) is 0. The first-order valence-corrected chi connectivity index (χ1v) is 12.0. The van der Waals surface area contributed by atoms with Gasteiger partial charge in [-0.1, -0.05) is 17.7 Å². The van der Waals surface area contributed by atoms with Crippen LogP contribution in [0.3, 0.4) is 0 Å². The number of benzene rings is 3. The lowest BCUT2D eigenvalue weighted by atomic mass is 10.1. The van der Waals surface area contributed by atoms with Crippen LogP contribution in [0, 0.1) is 20.8 Å². The largest absolute Gasteiger partial charge is 0.493 e. The van der Waals surface area contributed by atoms with Crippen molar-refractivity contribution >= 4 is 44.4 Å². The summed E-state index contributed by atoms with van der Waals surface area (Å²) in [7, 11) is -0.603. The number of sulfonamides is 1. The van der Waals surface area contributed by atoms with Crippen LogP contribution < -0.4 is 24.8 Å². The topological polar surface area (TPSA) is 88.7 Å². The minimum Gasteiger partial charge on any atom is -0.493 e. The molecule has 0 bridgehead atoms. The summed E-state index contributed by atoms with van der Waals surface area (Å²) in [6.45, 7) is 5.75. The Kier molecular flexibility index (Phi) is 7.45. The molecule has 174 valence electrons. The van der Waals surface area contributed by atoms with Crippen LogP contribution in [0.15, 0.2) is 59.5 Å². The number of anilines is 3. The summed E-state index contributed by atoms with van der Waals surface area (Å²) in [5.41, 5.74) is 4.80. The minimum absolute atomic E-state index is 0.159. The maximum absolute atomic E-state index is 12.9. The van der Waals surface area contributed by atoms with Crippen LogP contribution >= 0.6 is 12.2 Å². The number of thiocarbonyl (C=S) groups is 1. The summed E-state index contributed by atoms with van der Waals surface area (Å²) in [5.74, 6) is 1.19. The van der Waals surface area contributed by atoms with Gasteiger partial charge in [-0.2, -0.15) is 0 Å². The molecule has 0 fully saturated rings. The van der Waals surface area contributed by atoms with Crippen LogP contribution in [0.5, 0.6) is 11.5 Å². The van der Waals surface area contributed by atoms with Crippen molar-refractivity contribution in [2.24, 2.45) is 0 Å². The monoisotopic (exact) mass is 485 g/mol. The van der Waals surface area contributed by atoms with E-state index >= 15 is 0 Å². The number of rotatable bonds is 7. The predicted octanol–water partition coefficient (Wildman–Crippen LogP) is 5.24. The lowest BCUT2D eigenvalue weighted by Crippen LogP contribution is -2.19. The van der Waals surface area contributed by atoms with Crippen molar-refractivity contribution in [3.8, 4) is 11.5 Å². The van der Waals surface area contributed by atoms with Gasteiger partial charge in [0, 0.05) is 17.4 Å². The molecule has 3 aromatic rings. The first-order valence-electron chi connectivity index (χ1n) is 10.1. The van der Waals surface area contributed by atoms with E-state index in [9.17, 15) is 8.42 Å². The Morgan fingerprint density at radius 3 is 1.91 bits per heavy atom. The van der Waals surface area contributed by atoms with Crippen molar-refractivity contribution < 1.29 is 17.9 Å². The highest BCUT2D eigenvalue weighted by molar-refractivity contribution is 7.92. The van der Waals surface area contributed by atoms with Gasteiger partial charge in [-0.3, -0.25) is 4.72 Å². The Balaban J connectivity index is 1.69. The highest BCUT2D eigenvalue weighted by atomic mass is 32.2. The fraction of sp³-hybridized carbons (Fsp3) is 0.208. The van der Waals surface area contributed by atoms with Crippen molar-refractivity contribution in [3.05, 3.63) is 71.3 Å². The second kappa shape index (κ2) is 10.1. The molecule has 0 amide bonds. The molecule has 3 N–H and O–H groups in total. The zero-order chi connectivity index (χ0) is 24.2. The van der Waals surface area contributed by atoms with Gasteiger partial charge in [0.05, 0.1) is 24.8 Å². The van der Waals surface area contributed by atoms with Crippen LogP contribution in [0.25, 0.3) is 0 Å². The molecule has 33 heavy (non-hydrogen) atoms. The van der Waals surface area contributed by atoms with Gasteiger partial charge in [0.2, 0.25) is 0 Å². The van der Waals surface area contributed by atoms with Gasteiger partial charge >= 0.3 is 0 Å². The first kappa shape index (κ1) is 24.3. The molecule has 3 rings (SSSR count). The molecule has 0 aliphatic heterocycles. The van der Waals surface area contributed by atoms with Crippen molar-refractivity contribution in [1.29, 1.82) is 0 Å². The quantitative estimate of drug-likeness (QED) is 0.395. The lowest BCUT2D eigenvalue weighted by Gasteiger charge is -2.15. The molecule has 0 atom stereocenters. The molecule has 0 radical (unpaired) electrons. The highest BCUT2D eigenvalue weighted by Crippen LogP contribution is 2.30. The van der Waals surface area contributed by atoms with E-state index in [0.717, 1.165) is 22.4 Å². The second-order valence-electron chi connectivity index (χ2n) is 7.55. The predicted molar refractivity (Wildman–Crippen MR) is 137 cm³/mol. The summed E-state index contributed by atoms with van der Waals surface area (Å²) >= 11 is 5.37. The van der Waals surface area contributed by atoms with Crippen LogP contribution in [-0.4, -0.2) is 27.7 Å². The van der Waals surface area contributed by atoms with Crippen LogP contribution in [0.2, 0.25) is 0 Å². The molecule has 0 saturated heterocycles. The van der Waals surface area contributed by atoms with Gasteiger partial charge in [0.25, 0.3) is 10.0 Å². The molecule has 0 heterocycles. The first-order chi connectivity index (χ1) is 15.6. The van der Waals surface area contributed by atoms with E-state index < -0.39 is 10.0 Å². The molecule has 0 aromatic heterocycles. The van der Waals surface area contributed by atoms with Crippen molar-refractivity contribution in [1.82, 2.24) is 0 Å². The van der Waals surface area contributed by atoms with Gasteiger partial charge in [-0.05, 0) is 80.5 Å². The zero-order valence-corrected chi connectivity index (χ0v) is 20.8. The summed E-state index contributed by atoms with van der Waals surface area (Å²) in [6, 6.07) is 15.6. The van der Waals surface area contributed by atoms with Gasteiger partial charge in [-0.25, -0.2) is 8.42 Å². The molecule has 0 aliphatic carbocycles. The maximum Gasteiger partial charge on any atom is 0.261 e. The third-order valence-electron chi connectivity index (χ3n) is 4.98. The summed E-state index contributed by atoms with van der Waals surface area (Å²) in [5, 5.41) is 6.46. The SMILES string of the molecule is COc1ccc(NC(=S)Nc2ccc(S(=O)(=O)Nc3c(C)cc(C)cc3C)cc2)cc1OC. The van der Waals surface area contributed by atoms with Gasteiger partial charge in [0.1, 0.15) is 0 Å². The van der Waals surface area contributed by atoms with Gasteiger partial charge < -0.3 is 20.1 Å². The fourth-order valence-corrected chi connectivity index (χ4v) is 4.90. The Morgan fingerprint density at radius 2 is 1.33 bits per heavy atom. The minimum atomic E-state index is -3.73. The van der Waals surface area contributed by atoms with Crippen molar-refractivity contribution in [3.63, 3.8) is 0 Å². The molecule has 0 spiro atoms. The van der Waals surface area contributed by atoms with Crippen molar-refractivity contribution in [2.75, 3.05) is 29.6 Å². The molecule has 3 aromatic carbocycles. The average Bonchev–Trinajstić information content (AvgIpc) is 2.76. The molecule has 0 aliphatic rings. The smallest absolute Gasteiger partial charge is 0.261 e. The normalized spacial score (nSPS) is 10.9. The van der Waals surface area contributed by atoms with E-state index in [1.54, 1.807) is 38.5 Å². The third kappa shape index (κ3) is 5.94. The van der Waals surface area contributed by atoms with Crippen molar-refractivity contribution in [2.45, 2.75) is 25.7 Å². The van der Waals surface area contributed by atoms with E-state index in [2.05, 4.69) is 15.4 Å². The van der Waals surface area contributed by atoms with E-state index in [0.29, 0.717) is 28.0 Å². The maximum atomic E-state index is 12.9. The Hall–Kier alpha value is -3.30. The fourth-order valence-electron chi connectivity index (χ4n) is 3.46. The number of methoxy groups -OCH3 is 2. The number of ether oxygens (including phenoxy) is 2. The molecule has 0 saturated carbocycles. The number of hydrogen-bond donors (Lipinski definition) is 3. The van der Waals surface area contributed by atoms with Crippen LogP contribution in [0.1, 0.15) is 16.7 Å². The molecule has 9 heteroatoms. The molecule has 7 nitrogen and oxygen atoms in total. The summed E-state index contributed by atoms with van der Waals surface area (Å²) < 4.78 is 39.0. The van der Waals surface area contributed by atoms with E-state index in [1.807, 2.05) is 39.0 Å². The molecule has 0 unspecified atom stereocenters. The molecular weight excluding hydrogens is 458 g/mol. The van der Waals surface area contributed by atoms with Crippen LogP contribution in [0.4, 0.5) is 17.1 Å². The second-order valence-corrected chi connectivity index (χ2v) is 9.64. The number of hydrogen-bond acceptors (Lipinski definition) is 5. The molecular formula is C24H27N3O4S2. The lowest BCUT2D eigenvalue weighted by molar-refractivity contribution is 0.355. The zero-order valence-electron chi connectivity index (χ0n) is 19.1. The average molecular weight is 486 g/mol. The number of nitrogens with one attached hydrogen (secondary N) is 3. The Labute approximate surface area is 200 Å². The van der Waals surface area contributed by atoms with Crippen LogP contribution in [-0.2, 0) is 10.0 Å². The third-order valence-corrected chi connectivity index (χ3v) is 6.55.